The van der Waals surface area contributed by atoms with Gasteiger partial charge in [0.05, 0.1) is 24.5 Å². The SMILES string of the molecule is COc1cccc(N2C(=O)[C@H]3[C@@H](c4ccc(C)cc4)N(c4cccc(Br)c4)O[C@H]3C2=O)c1. The third kappa shape index (κ3) is 3.38. The van der Waals surface area contributed by atoms with Crippen LogP contribution in [0.2, 0.25) is 0 Å². The Morgan fingerprint density at radius 2 is 1.62 bits per heavy atom. The summed E-state index contributed by atoms with van der Waals surface area (Å²) in [5.74, 6) is -0.749. The van der Waals surface area contributed by atoms with E-state index in [9.17, 15) is 9.59 Å². The number of aryl methyl sites for hydroxylation is 1. The Kier molecular flexibility index (Phi) is 5.23. The Balaban J connectivity index is 1.58. The van der Waals surface area contributed by atoms with Gasteiger partial charge in [0.15, 0.2) is 6.10 Å². The van der Waals surface area contributed by atoms with E-state index in [2.05, 4.69) is 15.9 Å². The molecule has 6 nitrogen and oxygen atoms in total. The first-order valence-electron chi connectivity index (χ1n) is 10.3. The average molecular weight is 493 g/mol. The molecular formula is C25H21BrN2O4. The van der Waals surface area contributed by atoms with Crippen molar-refractivity contribution < 1.29 is 19.2 Å². The Bertz CT molecular complexity index is 1200. The van der Waals surface area contributed by atoms with Gasteiger partial charge in [-0.05, 0) is 42.8 Å². The highest BCUT2D eigenvalue weighted by molar-refractivity contribution is 9.10. The van der Waals surface area contributed by atoms with Gasteiger partial charge in [0.25, 0.3) is 5.91 Å². The fraction of sp³-hybridized carbons (Fsp3) is 0.200. The minimum absolute atomic E-state index is 0.281. The highest BCUT2D eigenvalue weighted by Gasteiger charge is 2.60. The summed E-state index contributed by atoms with van der Waals surface area (Å²) < 4.78 is 6.16. The van der Waals surface area contributed by atoms with Crippen molar-refractivity contribution in [1.82, 2.24) is 0 Å². The predicted molar refractivity (Wildman–Crippen MR) is 124 cm³/mol. The molecule has 2 heterocycles. The molecule has 0 spiro atoms. The van der Waals surface area contributed by atoms with E-state index in [0.717, 1.165) is 21.3 Å². The fourth-order valence-electron chi connectivity index (χ4n) is 4.36. The molecule has 32 heavy (non-hydrogen) atoms. The van der Waals surface area contributed by atoms with Crippen molar-refractivity contribution in [3.8, 4) is 5.75 Å². The largest absolute Gasteiger partial charge is 0.497 e. The highest BCUT2D eigenvalue weighted by Crippen LogP contribution is 2.48. The molecule has 3 aromatic carbocycles. The Hall–Kier alpha value is -3.16. The van der Waals surface area contributed by atoms with Crippen molar-refractivity contribution in [2.24, 2.45) is 5.92 Å². The molecule has 162 valence electrons. The molecule has 0 aromatic heterocycles. The van der Waals surface area contributed by atoms with E-state index in [-0.39, 0.29) is 11.8 Å². The third-order valence-corrected chi connectivity index (χ3v) is 6.40. The molecule has 7 heteroatoms. The number of rotatable bonds is 4. The summed E-state index contributed by atoms with van der Waals surface area (Å²) in [6.07, 6.45) is -0.904. The molecule has 2 fully saturated rings. The fourth-order valence-corrected chi connectivity index (χ4v) is 4.75. The second-order valence-electron chi connectivity index (χ2n) is 7.93. The van der Waals surface area contributed by atoms with E-state index >= 15 is 0 Å². The predicted octanol–water partition coefficient (Wildman–Crippen LogP) is 4.82. The van der Waals surface area contributed by atoms with Gasteiger partial charge < -0.3 is 4.74 Å². The molecule has 3 aromatic rings. The quantitative estimate of drug-likeness (QED) is 0.488. The number of hydroxylamine groups is 1. The van der Waals surface area contributed by atoms with Crippen LogP contribution in [-0.4, -0.2) is 25.0 Å². The summed E-state index contributed by atoms with van der Waals surface area (Å²) in [7, 11) is 1.55. The molecule has 0 unspecified atom stereocenters. The van der Waals surface area contributed by atoms with Crippen LogP contribution >= 0.6 is 15.9 Å². The van der Waals surface area contributed by atoms with Crippen LogP contribution in [0.3, 0.4) is 0 Å². The summed E-state index contributed by atoms with van der Waals surface area (Å²) in [6, 6.07) is 22.1. The number of benzene rings is 3. The molecule has 0 aliphatic carbocycles. The first-order valence-corrected chi connectivity index (χ1v) is 11.1. The van der Waals surface area contributed by atoms with Gasteiger partial charge in [0.2, 0.25) is 5.91 Å². The summed E-state index contributed by atoms with van der Waals surface area (Å²) in [4.78, 5) is 34.4. The van der Waals surface area contributed by atoms with E-state index in [1.165, 1.54) is 4.90 Å². The number of ether oxygens (including phenoxy) is 1. The molecule has 2 amide bonds. The number of nitrogens with zero attached hydrogens (tertiary/aromatic N) is 2. The van der Waals surface area contributed by atoms with Gasteiger partial charge in [-0.3, -0.25) is 14.4 Å². The Morgan fingerprint density at radius 3 is 2.34 bits per heavy atom. The molecule has 2 aliphatic heterocycles. The zero-order valence-electron chi connectivity index (χ0n) is 17.6. The second-order valence-corrected chi connectivity index (χ2v) is 8.84. The maximum atomic E-state index is 13.6. The zero-order valence-corrected chi connectivity index (χ0v) is 19.2. The van der Waals surface area contributed by atoms with Crippen LogP contribution in [-0.2, 0) is 14.4 Å². The van der Waals surface area contributed by atoms with Crippen molar-refractivity contribution in [3.63, 3.8) is 0 Å². The van der Waals surface area contributed by atoms with Crippen molar-refractivity contribution in [3.05, 3.63) is 88.4 Å². The summed E-state index contributed by atoms with van der Waals surface area (Å²) >= 11 is 3.50. The van der Waals surface area contributed by atoms with Crippen molar-refractivity contribution >= 4 is 39.1 Å². The number of anilines is 2. The molecule has 0 saturated carbocycles. The standard InChI is InChI=1S/C25H21BrN2O4/c1-15-9-11-16(12-10-15)22-21-23(32-28(22)19-7-3-5-17(26)13-19)25(30)27(24(21)29)18-6-4-8-20(14-18)31-2/h3-14,21-23H,1-2H3/t21-,22+,23+/m0/s1. The van der Waals surface area contributed by atoms with Crippen LogP contribution in [0.25, 0.3) is 0 Å². The first-order chi connectivity index (χ1) is 15.5. The number of amides is 2. The normalized spacial score (nSPS) is 22.4. The molecule has 0 radical (unpaired) electrons. The van der Waals surface area contributed by atoms with Gasteiger partial charge >= 0.3 is 0 Å². The van der Waals surface area contributed by atoms with Crippen LogP contribution in [0.1, 0.15) is 17.2 Å². The van der Waals surface area contributed by atoms with Gasteiger partial charge in [-0.1, -0.05) is 57.9 Å². The average Bonchev–Trinajstić information content (AvgIpc) is 3.30. The Labute approximate surface area is 194 Å². The van der Waals surface area contributed by atoms with E-state index in [4.69, 9.17) is 9.57 Å². The van der Waals surface area contributed by atoms with E-state index in [1.807, 2.05) is 55.5 Å². The minimum atomic E-state index is -0.904. The van der Waals surface area contributed by atoms with Gasteiger partial charge in [0.1, 0.15) is 11.7 Å². The number of methoxy groups -OCH3 is 1. The lowest BCUT2D eigenvalue weighted by molar-refractivity contribution is -0.126. The van der Waals surface area contributed by atoms with Crippen molar-refractivity contribution in [2.45, 2.75) is 19.1 Å². The summed E-state index contributed by atoms with van der Waals surface area (Å²) in [5.41, 5.74) is 3.28. The lowest BCUT2D eigenvalue weighted by Crippen LogP contribution is -2.37. The molecule has 0 N–H and O–H groups in total. The number of hydrogen-bond donors (Lipinski definition) is 0. The maximum absolute atomic E-state index is 13.6. The number of imide groups is 1. The second kappa shape index (κ2) is 8.07. The van der Waals surface area contributed by atoms with Gasteiger partial charge in [0, 0.05) is 10.5 Å². The lowest BCUT2D eigenvalue weighted by Gasteiger charge is -2.29. The highest BCUT2D eigenvalue weighted by atomic mass is 79.9. The Morgan fingerprint density at radius 1 is 0.906 bits per heavy atom. The van der Waals surface area contributed by atoms with Crippen LogP contribution < -0.4 is 14.7 Å². The number of carbonyl (C=O) groups excluding carboxylic acids is 2. The number of fused-ring (bicyclic) bond motifs is 1. The monoisotopic (exact) mass is 492 g/mol. The molecule has 3 atom stereocenters. The smallest absolute Gasteiger partial charge is 0.266 e. The molecule has 2 aliphatic rings. The topological polar surface area (TPSA) is 59.1 Å². The van der Waals surface area contributed by atoms with Crippen LogP contribution in [0.5, 0.6) is 5.75 Å². The number of halogens is 1. The molecule has 5 rings (SSSR count). The van der Waals surface area contributed by atoms with E-state index < -0.39 is 18.1 Å². The zero-order chi connectivity index (χ0) is 22.4. The first kappa shape index (κ1) is 20.7. The van der Waals surface area contributed by atoms with Crippen LogP contribution in [0, 0.1) is 12.8 Å². The molecular weight excluding hydrogens is 472 g/mol. The number of carbonyl (C=O) groups is 2. The third-order valence-electron chi connectivity index (χ3n) is 5.91. The van der Waals surface area contributed by atoms with E-state index in [1.54, 1.807) is 36.4 Å². The van der Waals surface area contributed by atoms with Crippen molar-refractivity contribution in [1.29, 1.82) is 0 Å². The van der Waals surface area contributed by atoms with E-state index in [0.29, 0.717) is 11.4 Å². The van der Waals surface area contributed by atoms with Gasteiger partial charge in [-0.2, -0.15) is 0 Å². The lowest BCUT2D eigenvalue weighted by atomic mass is 9.90. The summed E-state index contributed by atoms with van der Waals surface area (Å²) in [5, 5.41) is 1.70. The summed E-state index contributed by atoms with van der Waals surface area (Å²) in [6.45, 7) is 2.01. The number of hydrogen-bond acceptors (Lipinski definition) is 5. The van der Waals surface area contributed by atoms with Gasteiger partial charge in [-0.15, -0.1) is 0 Å². The molecule has 0 bridgehead atoms. The van der Waals surface area contributed by atoms with Gasteiger partial charge in [-0.25, -0.2) is 9.96 Å². The van der Waals surface area contributed by atoms with Crippen LogP contribution in [0.15, 0.2) is 77.3 Å². The minimum Gasteiger partial charge on any atom is -0.497 e. The maximum Gasteiger partial charge on any atom is 0.266 e. The van der Waals surface area contributed by atoms with Crippen LogP contribution in [0.4, 0.5) is 11.4 Å². The van der Waals surface area contributed by atoms with Crippen molar-refractivity contribution in [2.75, 3.05) is 17.1 Å². The molecule has 2 saturated heterocycles.